The van der Waals surface area contributed by atoms with E-state index >= 15 is 0 Å². The summed E-state index contributed by atoms with van der Waals surface area (Å²) in [6.07, 6.45) is -5.40. The molecule has 0 fully saturated rings. The van der Waals surface area contributed by atoms with Crippen LogP contribution in [0, 0.1) is 11.6 Å². The van der Waals surface area contributed by atoms with Gasteiger partial charge in [-0.2, -0.15) is 18.2 Å². The van der Waals surface area contributed by atoms with Gasteiger partial charge in [0.2, 0.25) is 5.96 Å². The highest BCUT2D eigenvalue weighted by molar-refractivity contribution is 6.11. The molecule has 0 aliphatic carbocycles. The maximum absolute atomic E-state index is 13.6. The summed E-state index contributed by atoms with van der Waals surface area (Å²) in [6, 6.07) is 10.8. The fourth-order valence-electron chi connectivity index (χ4n) is 2.76. The van der Waals surface area contributed by atoms with Crippen LogP contribution in [0.3, 0.4) is 0 Å². The van der Waals surface area contributed by atoms with Crippen molar-refractivity contribution in [3.05, 3.63) is 83.4 Å². The number of benzene rings is 2. The molecule has 3 aromatic rings. The Bertz CT molecular complexity index is 1300. The maximum atomic E-state index is 13.6. The van der Waals surface area contributed by atoms with E-state index in [0.29, 0.717) is 6.07 Å². The number of aromatic nitrogens is 1. The average molecular weight is 507 g/mol. The zero-order valence-electron chi connectivity index (χ0n) is 18.5. The molecular formula is C23H18F5N5O3. The van der Waals surface area contributed by atoms with Gasteiger partial charge < -0.3 is 15.4 Å². The first-order valence-electron chi connectivity index (χ1n) is 10.3. The smallest absolute Gasteiger partial charge is 0.416 e. The summed E-state index contributed by atoms with van der Waals surface area (Å²) in [7, 11) is 0. The van der Waals surface area contributed by atoms with Crippen molar-refractivity contribution in [2.45, 2.75) is 13.1 Å². The Morgan fingerprint density at radius 2 is 1.61 bits per heavy atom. The van der Waals surface area contributed by atoms with E-state index in [4.69, 9.17) is 4.74 Å². The van der Waals surface area contributed by atoms with Crippen molar-refractivity contribution in [3.63, 3.8) is 0 Å². The van der Waals surface area contributed by atoms with E-state index < -0.39 is 35.4 Å². The maximum Gasteiger partial charge on any atom is 0.416 e. The van der Waals surface area contributed by atoms with Gasteiger partial charge in [0.15, 0.2) is 11.6 Å². The van der Waals surface area contributed by atoms with Crippen molar-refractivity contribution in [1.29, 1.82) is 0 Å². The Morgan fingerprint density at radius 1 is 0.917 bits per heavy atom. The molecule has 8 nitrogen and oxygen atoms in total. The van der Waals surface area contributed by atoms with Crippen LogP contribution in [0.25, 0.3) is 0 Å². The first-order valence-corrected chi connectivity index (χ1v) is 10.3. The topological polar surface area (TPSA) is 105 Å². The van der Waals surface area contributed by atoms with Crippen LogP contribution in [0.4, 0.5) is 44.1 Å². The van der Waals surface area contributed by atoms with Crippen LogP contribution in [0.15, 0.2) is 65.7 Å². The molecule has 13 heteroatoms. The van der Waals surface area contributed by atoms with Gasteiger partial charge in [0.25, 0.3) is 5.91 Å². The first kappa shape index (κ1) is 26.1. The van der Waals surface area contributed by atoms with Crippen LogP contribution >= 0.6 is 0 Å². The zero-order valence-corrected chi connectivity index (χ0v) is 18.5. The molecule has 0 atom stereocenters. The standard InChI is InChI=1S/C23H18F5N5O3/c1-2-36-22(35)32-19-8-4-7-18(30-19)31-21(29-15-6-3-5-14(12-15)23(26,27)28)33-20(34)13-9-10-16(24)17(25)11-13/h3-12H,2H2,1H3,(H3,29,30,31,32,33,34,35). The van der Waals surface area contributed by atoms with Crippen molar-refractivity contribution in [2.24, 2.45) is 4.99 Å². The molecule has 3 N–H and O–H groups in total. The molecule has 188 valence electrons. The second-order valence-electron chi connectivity index (χ2n) is 6.98. The third kappa shape index (κ3) is 7.22. The lowest BCUT2D eigenvalue weighted by Crippen LogP contribution is -2.25. The SMILES string of the molecule is CCOC(=O)Nc1cccc(N/C(=N\C(=O)c2ccc(F)c(F)c2)Nc2cccc(C(F)(F)F)c2)n1. The first-order chi connectivity index (χ1) is 17.0. The van der Waals surface area contributed by atoms with Crippen molar-refractivity contribution >= 4 is 35.3 Å². The fourth-order valence-corrected chi connectivity index (χ4v) is 2.76. The molecule has 1 aromatic heterocycles. The number of nitrogens with zero attached hydrogens (tertiary/aromatic N) is 2. The predicted octanol–water partition coefficient (Wildman–Crippen LogP) is 5.67. The van der Waals surface area contributed by atoms with Crippen molar-refractivity contribution in [3.8, 4) is 0 Å². The molecule has 0 saturated heterocycles. The molecule has 0 aliphatic heterocycles. The third-order valence-electron chi connectivity index (χ3n) is 4.33. The minimum Gasteiger partial charge on any atom is -0.450 e. The molecule has 0 saturated carbocycles. The van der Waals surface area contributed by atoms with Gasteiger partial charge in [-0.15, -0.1) is 0 Å². The normalized spacial score (nSPS) is 11.6. The molecule has 2 amide bonds. The van der Waals surface area contributed by atoms with Crippen LogP contribution in [-0.4, -0.2) is 29.6 Å². The number of amides is 2. The minimum absolute atomic E-state index is 0.0283. The molecule has 2 aromatic carbocycles. The van der Waals surface area contributed by atoms with Crippen LogP contribution in [0.2, 0.25) is 0 Å². The highest BCUT2D eigenvalue weighted by Gasteiger charge is 2.30. The van der Waals surface area contributed by atoms with Gasteiger partial charge in [-0.3, -0.25) is 10.1 Å². The number of pyridine rings is 1. The minimum atomic E-state index is -4.63. The van der Waals surface area contributed by atoms with Gasteiger partial charge in [-0.1, -0.05) is 12.1 Å². The Hall–Kier alpha value is -4.55. The highest BCUT2D eigenvalue weighted by Crippen LogP contribution is 2.30. The molecule has 0 unspecified atom stereocenters. The number of halogens is 5. The molecule has 1 heterocycles. The van der Waals surface area contributed by atoms with E-state index in [-0.39, 0.29) is 35.5 Å². The quantitative estimate of drug-likeness (QED) is 0.234. The van der Waals surface area contributed by atoms with Crippen molar-refractivity contribution in [2.75, 3.05) is 22.6 Å². The van der Waals surface area contributed by atoms with Gasteiger partial charge >= 0.3 is 12.3 Å². The number of rotatable bonds is 5. The predicted molar refractivity (Wildman–Crippen MR) is 122 cm³/mol. The number of carbonyl (C=O) groups is 2. The van der Waals surface area contributed by atoms with Crippen molar-refractivity contribution < 1.29 is 36.3 Å². The molecule has 0 spiro atoms. The number of anilines is 3. The Balaban J connectivity index is 1.93. The summed E-state index contributed by atoms with van der Waals surface area (Å²) in [5, 5.41) is 7.54. The van der Waals surface area contributed by atoms with E-state index in [9.17, 15) is 31.5 Å². The summed E-state index contributed by atoms with van der Waals surface area (Å²) < 4.78 is 70.9. The summed E-state index contributed by atoms with van der Waals surface area (Å²) in [4.78, 5) is 32.1. The van der Waals surface area contributed by atoms with Gasteiger partial charge in [0.1, 0.15) is 11.6 Å². The number of aliphatic imine (C=N–C) groups is 1. The number of hydrogen-bond acceptors (Lipinski definition) is 4. The zero-order chi connectivity index (χ0) is 26.3. The number of nitrogens with one attached hydrogen (secondary N) is 3. The Kier molecular flexibility index (Phi) is 8.14. The number of alkyl halides is 3. The van der Waals surface area contributed by atoms with Crippen LogP contribution < -0.4 is 16.0 Å². The van der Waals surface area contributed by atoms with Gasteiger partial charge in [-0.05, 0) is 55.5 Å². The number of ether oxygens (including phenoxy) is 1. The number of carbonyl (C=O) groups excluding carboxylic acids is 2. The van der Waals surface area contributed by atoms with Crippen LogP contribution in [-0.2, 0) is 10.9 Å². The second kappa shape index (κ2) is 11.3. The van der Waals surface area contributed by atoms with Crippen LogP contribution in [0.5, 0.6) is 0 Å². The lowest BCUT2D eigenvalue weighted by atomic mass is 10.2. The largest absolute Gasteiger partial charge is 0.450 e. The van der Waals surface area contributed by atoms with Crippen molar-refractivity contribution in [1.82, 2.24) is 4.98 Å². The molecule has 0 aliphatic rings. The summed E-state index contributed by atoms with van der Waals surface area (Å²) >= 11 is 0. The molecule has 0 radical (unpaired) electrons. The highest BCUT2D eigenvalue weighted by atomic mass is 19.4. The van der Waals surface area contributed by atoms with Gasteiger partial charge in [-0.25, -0.2) is 18.6 Å². The summed E-state index contributed by atoms with van der Waals surface area (Å²) in [5.74, 6) is -3.78. The van der Waals surface area contributed by atoms with Gasteiger partial charge in [0, 0.05) is 11.3 Å². The molecule has 3 rings (SSSR count). The second-order valence-corrected chi connectivity index (χ2v) is 6.98. The lowest BCUT2D eigenvalue weighted by Gasteiger charge is -2.14. The average Bonchev–Trinajstić information content (AvgIpc) is 2.80. The van der Waals surface area contributed by atoms with E-state index in [1.165, 1.54) is 24.3 Å². The Morgan fingerprint density at radius 3 is 2.28 bits per heavy atom. The third-order valence-corrected chi connectivity index (χ3v) is 4.33. The van der Waals surface area contributed by atoms with E-state index in [1.54, 1.807) is 6.92 Å². The monoisotopic (exact) mass is 507 g/mol. The summed E-state index contributed by atoms with van der Waals surface area (Å²) in [6.45, 7) is 1.73. The summed E-state index contributed by atoms with van der Waals surface area (Å²) in [5.41, 5.74) is -1.36. The fraction of sp³-hybridized carbons (Fsp3) is 0.130. The van der Waals surface area contributed by atoms with Gasteiger partial charge in [0.05, 0.1) is 12.2 Å². The van der Waals surface area contributed by atoms with E-state index in [2.05, 4.69) is 25.9 Å². The number of guanidine groups is 1. The van der Waals surface area contributed by atoms with E-state index in [0.717, 1.165) is 30.3 Å². The molecular weight excluding hydrogens is 489 g/mol. The molecule has 0 bridgehead atoms. The van der Waals surface area contributed by atoms with E-state index in [1.807, 2.05) is 0 Å². The molecule has 36 heavy (non-hydrogen) atoms. The lowest BCUT2D eigenvalue weighted by molar-refractivity contribution is -0.137. The Labute approximate surface area is 201 Å². The van der Waals surface area contributed by atoms with Crippen LogP contribution in [0.1, 0.15) is 22.8 Å². The number of hydrogen-bond donors (Lipinski definition) is 3.